The number of hydrogen-bond donors (Lipinski definition) is 1. The van der Waals surface area contributed by atoms with Gasteiger partial charge < -0.3 is 5.11 Å². The molecule has 1 unspecified atom stereocenters. The van der Waals surface area contributed by atoms with Gasteiger partial charge in [-0.1, -0.05) is 35.3 Å². The smallest absolute Gasteiger partial charge is 0.0584 e. The minimum atomic E-state index is -0.370. The number of aliphatic hydroxyl groups is 1. The van der Waals surface area contributed by atoms with E-state index >= 15 is 0 Å². The van der Waals surface area contributed by atoms with E-state index in [0.29, 0.717) is 16.5 Å². The van der Waals surface area contributed by atoms with E-state index in [1.54, 1.807) is 23.5 Å². The van der Waals surface area contributed by atoms with Crippen molar-refractivity contribution in [2.45, 2.75) is 25.4 Å². The maximum Gasteiger partial charge on any atom is 0.0584 e. The van der Waals surface area contributed by atoms with Gasteiger partial charge in [0, 0.05) is 14.9 Å². The van der Waals surface area contributed by atoms with Gasteiger partial charge in [0.2, 0.25) is 0 Å². The molecule has 2 aromatic rings. The molecule has 96 valence electrons. The van der Waals surface area contributed by atoms with Crippen LogP contribution in [0.1, 0.15) is 16.9 Å². The Balaban J connectivity index is 1.88. The van der Waals surface area contributed by atoms with Gasteiger partial charge in [-0.3, -0.25) is 0 Å². The standard InChI is InChI=1S/C14H14Cl2OS/c15-11-4-3-10(14(16)9-11)8-12(17)5-6-13-2-1-7-18-13/h1-4,7,9,12,17H,5-6,8H2. The van der Waals surface area contributed by atoms with Crippen LogP contribution >= 0.6 is 34.5 Å². The SMILES string of the molecule is OC(CCc1cccs1)Cc1ccc(Cl)cc1Cl. The Hall–Kier alpha value is -0.540. The first-order chi connectivity index (χ1) is 8.65. The molecule has 1 heterocycles. The van der Waals surface area contributed by atoms with Crippen LogP contribution in [0.15, 0.2) is 35.7 Å². The highest BCUT2D eigenvalue weighted by Crippen LogP contribution is 2.23. The molecule has 0 saturated carbocycles. The lowest BCUT2D eigenvalue weighted by Crippen LogP contribution is -2.11. The van der Waals surface area contributed by atoms with Crippen LogP contribution in [0.2, 0.25) is 10.0 Å². The van der Waals surface area contributed by atoms with E-state index in [9.17, 15) is 5.11 Å². The molecule has 0 spiro atoms. The van der Waals surface area contributed by atoms with Crippen molar-refractivity contribution in [1.29, 1.82) is 0 Å². The summed E-state index contributed by atoms with van der Waals surface area (Å²) in [6.45, 7) is 0. The Morgan fingerprint density at radius 1 is 1.22 bits per heavy atom. The molecule has 1 aromatic carbocycles. The predicted octanol–water partition coefficient (Wildman–Crippen LogP) is 4.59. The maximum absolute atomic E-state index is 10.0. The van der Waals surface area contributed by atoms with E-state index < -0.39 is 0 Å². The monoisotopic (exact) mass is 300 g/mol. The third-order valence-electron chi connectivity index (χ3n) is 2.77. The third-order valence-corrected chi connectivity index (χ3v) is 4.30. The van der Waals surface area contributed by atoms with Crippen molar-refractivity contribution in [3.05, 3.63) is 56.2 Å². The van der Waals surface area contributed by atoms with Crippen molar-refractivity contribution in [2.24, 2.45) is 0 Å². The number of halogens is 2. The molecule has 0 aliphatic heterocycles. The fourth-order valence-electron chi connectivity index (χ4n) is 1.81. The van der Waals surface area contributed by atoms with Crippen molar-refractivity contribution in [2.75, 3.05) is 0 Å². The molecule has 0 bridgehead atoms. The molecule has 0 fully saturated rings. The molecule has 1 atom stereocenters. The van der Waals surface area contributed by atoms with Crippen LogP contribution in [0.5, 0.6) is 0 Å². The summed E-state index contributed by atoms with van der Waals surface area (Å²) in [5, 5.41) is 13.3. The van der Waals surface area contributed by atoms with E-state index in [4.69, 9.17) is 23.2 Å². The average molecular weight is 301 g/mol. The second kappa shape index (κ2) is 6.58. The Morgan fingerprint density at radius 3 is 2.72 bits per heavy atom. The second-order valence-corrected chi connectivity index (χ2v) is 6.09. The second-order valence-electron chi connectivity index (χ2n) is 4.21. The average Bonchev–Trinajstić information content (AvgIpc) is 2.83. The molecule has 4 heteroatoms. The van der Waals surface area contributed by atoms with Gasteiger partial charge in [0.1, 0.15) is 0 Å². The van der Waals surface area contributed by atoms with Crippen LogP contribution in [0.3, 0.4) is 0 Å². The van der Waals surface area contributed by atoms with Gasteiger partial charge in [-0.15, -0.1) is 11.3 Å². The zero-order chi connectivity index (χ0) is 13.0. The number of rotatable bonds is 5. The van der Waals surface area contributed by atoms with Crippen LogP contribution in [-0.4, -0.2) is 11.2 Å². The first kappa shape index (κ1) is 13.9. The molecule has 2 rings (SSSR count). The molecule has 0 aliphatic rings. The summed E-state index contributed by atoms with van der Waals surface area (Å²) >= 11 is 13.6. The molecule has 1 nitrogen and oxygen atoms in total. The van der Waals surface area contributed by atoms with Crippen LogP contribution < -0.4 is 0 Å². The number of thiophene rings is 1. The molecule has 18 heavy (non-hydrogen) atoms. The van der Waals surface area contributed by atoms with Gasteiger partial charge in [0.25, 0.3) is 0 Å². The number of aryl methyl sites for hydroxylation is 1. The van der Waals surface area contributed by atoms with Crippen molar-refractivity contribution < 1.29 is 5.11 Å². The van der Waals surface area contributed by atoms with Crippen LogP contribution in [0.25, 0.3) is 0 Å². The maximum atomic E-state index is 10.0. The number of aliphatic hydroxyl groups excluding tert-OH is 1. The van der Waals surface area contributed by atoms with Crippen LogP contribution in [0.4, 0.5) is 0 Å². The van der Waals surface area contributed by atoms with E-state index in [2.05, 4.69) is 11.4 Å². The largest absolute Gasteiger partial charge is 0.393 e. The van der Waals surface area contributed by atoms with Crippen molar-refractivity contribution in [3.8, 4) is 0 Å². The first-order valence-electron chi connectivity index (χ1n) is 5.79. The molecule has 0 radical (unpaired) electrons. The summed E-state index contributed by atoms with van der Waals surface area (Å²) in [6, 6.07) is 9.51. The van der Waals surface area contributed by atoms with Crippen LogP contribution in [-0.2, 0) is 12.8 Å². The minimum absolute atomic E-state index is 0.370. The van der Waals surface area contributed by atoms with E-state index in [-0.39, 0.29) is 6.10 Å². The molecule has 0 saturated heterocycles. The lowest BCUT2D eigenvalue weighted by Gasteiger charge is -2.11. The molecule has 0 aliphatic carbocycles. The minimum Gasteiger partial charge on any atom is -0.393 e. The molecule has 1 aromatic heterocycles. The van der Waals surface area contributed by atoms with E-state index in [1.165, 1.54) is 4.88 Å². The van der Waals surface area contributed by atoms with Gasteiger partial charge in [0.15, 0.2) is 0 Å². The fraction of sp³-hybridized carbons (Fsp3) is 0.286. The Labute approximate surface area is 121 Å². The molecule has 1 N–H and O–H groups in total. The summed E-state index contributed by atoms with van der Waals surface area (Å²) < 4.78 is 0. The van der Waals surface area contributed by atoms with E-state index in [0.717, 1.165) is 18.4 Å². The van der Waals surface area contributed by atoms with Gasteiger partial charge in [-0.2, -0.15) is 0 Å². The van der Waals surface area contributed by atoms with Crippen molar-refractivity contribution in [3.63, 3.8) is 0 Å². The topological polar surface area (TPSA) is 20.2 Å². The van der Waals surface area contributed by atoms with Gasteiger partial charge in [-0.05, 0) is 48.4 Å². The lowest BCUT2D eigenvalue weighted by molar-refractivity contribution is 0.165. The molecular formula is C14H14Cl2OS. The normalized spacial score (nSPS) is 12.6. The Bertz CT molecular complexity index is 497. The summed E-state index contributed by atoms with van der Waals surface area (Å²) in [5.74, 6) is 0. The zero-order valence-corrected chi connectivity index (χ0v) is 12.1. The molecule has 0 amide bonds. The fourth-order valence-corrected chi connectivity index (χ4v) is 3.02. The van der Waals surface area contributed by atoms with Gasteiger partial charge in [-0.25, -0.2) is 0 Å². The Morgan fingerprint density at radius 2 is 2.06 bits per heavy atom. The Kier molecular flexibility index (Phi) is 5.07. The van der Waals surface area contributed by atoms with E-state index in [1.807, 2.05) is 12.1 Å². The number of benzene rings is 1. The highest BCUT2D eigenvalue weighted by Gasteiger charge is 2.09. The van der Waals surface area contributed by atoms with Crippen LogP contribution in [0, 0.1) is 0 Å². The predicted molar refractivity (Wildman–Crippen MR) is 78.8 cm³/mol. The highest BCUT2D eigenvalue weighted by atomic mass is 35.5. The summed E-state index contributed by atoms with van der Waals surface area (Å²) in [6.07, 6.45) is 1.86. The van der Waals surface area contributed by atoms with Gasteiger partial charge in [0.05, 0.1) is 6.10 Å². The summed E-state index contributed by atoms with van der Waals surface area (Å²) in [5.41, 5.74) is 0.944. The van der Waals surface area contributed by atoms with Gasteiger partial charge >= 0.3 is 0 Å². The summed E-state index contributed by atoms with van der Waals surface area (Å²) in [4.78, 5) is 1.30. The summed E-state index contributed by atoms with van der Waals surface area (Å²) in [7, 11) is 0. The lowest BCUT2D eigenvalue weighted by atomic mass is 10.0. The quantitative estimate of drug-likeness (QED) is 0.856. The zero-order valence-electron chi connectivity index (χ0n) is 9.77. The van der Waals surface area contributed by atoms with Crippen molar-refractivity contribution >= 4 is 34.5 Å². The molecular weight excluding hydrogens is 287 g/mol. The first-order valence-corrected chi connectivity index (χ1v) is 7.43. The highest BCUT2D eigenvalue weighted by molar-refractivity contribution is 7.09. The number of hydrogen-bond acceptors (Lipinski definition) is 2. The van der Waals surface area contributed by atoms with Crippen molar-refractivity contribution in [1.82, 2.24) is 0 Å². The third kappa shape index (κ3) is 3.99.